The predicted molar refractivity (Wildman–Crippen MR) is 60.1 cm³/mol. The standard InChI is InChI=1S/C9H7BrClNO3/c1-5(13)9(11)7-4-6(10)2-3-8(7)12(14)15/h2-4,9H,1H3. The van der Waals surface area contributed by atoms with Gasteiger partial charge in [0.05, 0.1) is 10.5 Å². The van der Waals surface area contributed by atoms with Crippen molar-refractivity contribution in [3.63, 3.8) is 0 Å². The van der Waals surface area contributed by atoms with Gasteiger partial charge in [0.25, 0.3) is 5.69 Å². The lowest BCUT2D eigenvalue weighted by Gasteiger charge is -2.06. The first-order valence-electron chi connectivity index (χ1n) is 4.02. The fraction of sp³-hybridized carbons (Fsp3) is 0.222. The van der Waals surface area contributed by atoms with Gasteiger partial charge in [0, 0.05) is 10.5 Å². The molecule has 0 aliphatic rings. The van der Waals surface area contributed by atoms with E-state index in [1.54, 1.807) is 0 Å². The smallest absolute Gasteiger partial charge is 0.274 e. The van der Waals surface area contributed by atoms with Crippen LogP contribution in [-0.2, 0) is 4.79 Å². The second kappa shape index (κ2) is 4.72. The highest BCUT2D eigenvalue weighted by atomic mass is 79.9. The Bertz CT molecular complexity index is 422. The monoisotopic (exact) mass is 291 g/mol. The van der Waals surface area contributed by atoms with Gasteiger partial charge in [0.1, 0.15) is 5.38 Å². The molecule has 0 aliphatic carbocycles. The lowest BCUT2D eigenvalue weighted by Crippen LogP contribution is -2.05. The molecule has 1 aromatic rings. The average Bonchev–Trinajstić information content (AvgIpc) is 2.15. The predicted octanol–water partition coefficient (Wildman–Crippen LogP) is 3.23. The minimum Gasteiger partial charge on any atom is -0.298 e. The molecule has 0 aromatic heterocycles. The molecular formula is C9H7BrClNO3. The minimum absolute atomic E-state index is 0.145. The maximum Gasteiger partial charge on any atom is 0.274 e. The Morgan fingerprint density at radius 2 is 2.20 bits per heavy atom. The van der Waals surface area contributed by atoms with Crippen LogP contribution in [0.3, 0.4) is 0 Å². The molecule has 1 rings (SSSR count). The van der Waals surface area contributed by atoms with Crippen LogP contribution in [0.15, 0.2) is 22.7 Å². The normalized spacial score (nSPS) is 12.2. The number of Topliss-reactive ketones (excluding diaryl/α,β-unsaturated/α-hetero) is 1. The fourth-order valence-corrected chi connectivity index (χ4v) is 1.67. The molecule has 80 valence electrons. The van der Waals surface area contributed by atoms with Crippen molar-refractivity contribution in [2.75, 3.05) is 0 Å². The van der Waals surface area contributed by atoms with E-state index in [0.29, 0.717) is 4.47 Å². The van der Waals surface area contributed by atoms with Crippen LogP contribution in [0.4, 0.5) is 5.69 Å². The van der Waals surface area contributed by atoms with Crippen molar-refractivity contribution in [1.29, 1.82) is 0 Å². The molecule has 6 heteroatoms. The molecular weight excluding hydrogens is 285 g/mol. The summed E-state index contributed by atoms with van der Waals surface area (Å²) in [5.41, 5.74) is 0.0666. The average molecular weight is 293 g/mol. The topological polar surface area (TPSA) is 60.2 Å². The summed E-state index contributed by atoms with van der Waals surface area (Å²) in [6, 6.07) is 4.33. The molecule has 0 fully saturated rings. The second-order valence-electron chi connectivity index (χ2n) is 2.93. The van der Waals surface area contributed by atoms with Gasteiger partial charge in [0.15, 0.2) is 5.78 Å². The van der Waals surface area contributed by atoms with Gasteiger partial charge in [-0.05, 0) is 19.1 Å². The van der Waals surface area contributed by atoms with E-state index in [9.17, 15) is 14.9 Å². The number of benzene rings is 1. The first-order valence-corrected chi connectivity index (χ1v) is 5.24. The lowest BCUT2D eigenvalue weighted by molar-refractivity contribution is -0.385. The zero-order valence-corrected chi connectivity index (χ0v) is 10.1. The van der Waals surface area contributed by atoms with E-state index in [0.717, 1.165) is 0 Å². The number of halogens is 2. The van der Waals surface area contributed by atoms with Crippen molar-refractivity contribution in [3.8, 4) is 0 Å². The highest BCUT2D eigenvalue weighted by Gasteiger charge is 2.23. The quantitative estimate of drug-likeness (QED) is 0.488. The highest BCUT2D eigenvalue weighted by Crippen LogP contribution is 2.32. The molecule has 0 bridgehead atoms. The molecule has 0 heterocycles. The SMILES string of the molecule is CC(=O)C(Cl)c1cc(Br)ccc1[N+](=O)[O-]. The first-order chi connectivity index (χ1) is 6.93. The van der Waals surface area contributed by atoms with Gasteiger partial charge < -0.3 is 0 Å². The molecule has 1 aromatic carbocycles. The summed E-state index contributed by atoms with van der Waals surface area (Å²) in [6.07, 6.45) is 0. The third-order valence-corrected chi connectivity index (χ3v) is 2.85. The summed E-state index contributed by atoms with van der Waals surface area (Å²) < 4.78 is 0.648. The van der Waals surface area contributed by atoms with E-state index in [4.69, 9.17) is 11.6 Å². The van der Waals surface area contributed by atoms with Crippen LogP contribution in [0.2, 0.25) is 0 Å². The molecule has 0 aliphatic heterocycles. The summed E-state index contributed by atoms with van der Waals surface area (Å²) in [5.74, 6) is -0.321. The Kier molecular flexibility index (Phi) is 3.82. The van der Waals surface area contributed by atoms with Gasteiger partial charge in [-0.2, -0.15) is 0 Å². The van der Waals surface area contributed by atoms with Crippen molar-refractivity contribution < 1.29 is 9.72 Å². The Morgan fingerprint density at radius 3 is 2.67 bits per heavy atom. The van der Waals surface area contributed by atoms with Crippen molar-refractivity contribution in [3.05, 3.63) is 38.3 Å². The molecule has 1 unspecified atom stereocenters. The number of nitro groups is 1. The van der Waals surface area contributed by atoms with Gasteiger partial charge in [-0.15, -0.1) is 11.6 Å². The minimum atomic E-state index is -0.983. The fourth-order valence-electron chi connectivity index (χ4n) is 1.11. The molecule has 4 nitrogen and oxygen atoms in total. The number of hydrogen-bond donors (Lipinski definition) is 0. The van der Waals surface area contributed by atoms with Gasteiger partial charge in [-0.3, -0.25) is 14.9 Å². The number of nitro benzene ring substituents is 1. The summed E-state index contributed by atoms with van der Waals surface area (Å²) in [4.78, 5) is 21.2. The summed E-state index contributed by atoms with van der Waals surface area (Å²) in [5, 5.41) is 9.70. The third-order valence-electron chi connectivity index (χ3n) is 1.82. The van der Waals surface area contributed by atoms with Crippen LogP contribution in [0.1, 0.15) is 17.9 Å². The van der Waals surface area contributed by atoms with Crippen LogP contribution in [0.5, 0.6) is 0 Å². The summed E-state index contributed by atoms with van der Waals surface area (Å²) in [6.45, 7) is 1.29. The Labute approximate surface area is 99.5 Å². The van der Waals surface area contributed by atoms with E-state index in [2.05, 4.69) is 15.9 Å². The first kappa shape index (κ1) is 12.1. The van der Waals surface area contributed by atoms with Crippen molar-refractivity contribution in [2.24, 2.45) is 0 Å². The Hall–Kier alpha value is -0.940. The number of ketones is 1. The van der Waals surface area contributed by atoms with Gasteiger partial charge in [-0.1, -0.05) is 15.9 Å². The van der Waals surface area contributed by atoms with Crippen molar-refractivity contribution >= 4 is 39.0 Å². The van der Waals surface area contributed by atoms with Crippen LogP contribution in [0, 0.1) is 10.1 Å². The zero-order chi connectivity index (χ0) is 11.6. The largest absolute Gasteiger partial charge is 0.298 e. The van der Waals surface area contributed by atoms with Gasteiger partial charge in [-0.25, -0.2) is 0 Å². The molecule has 0 saturated heterocycles. The highest BCUT2D eigenvalue weighted by molar-refractivity contribution is 9.10. The van der Waals surface area contributed by atoms with Crippen LogP contribution >= 0.6 is 27.5 Å². The Morgan fingerprint density at radius 1 is 1.60 bits per heavy atom. The number of carbonyl (C=O) groups excluding carboxylic acids is 1. The zero-order valence-electron chi connectivity index (χ0n) is 7.74. The van der Waals surface area contributed by atoms with Gasteiger partial charge in [0.2, 0.25) is 0 Å². The second-order valence-corrected chi connectivity index (χ2v) is 4.29. The molecule has 0 amide bonds. The van der Waals surface area contributed by atoms with Crippen molar-refractivity contribution in [1.82, 2.24) is 0 Å². The van der Waals surface area contributed by atoms with Crippen LogP contribution < -0.4 is 0 Å². The van der Waals surface area contributed by atoms with E-state index >= 15 is 0 Å². The molecule has 0 radical (unpaired) electrons. The Balaban J connectivity index is 3.30. The molecule has 1 atom stereocenters. The molecule has 15 heavy (non-hydrogen) atoms. The van der Waals surface area contributed by atoms with E-state index in [1.807, 2.05) is 0 Å². The number of carbonyl (C=O) groups is 1. The number of nitrogens with zero attached hydrogens (tertiary/aromatic N) is 1. The maximum absolute atomic E-state index is 11.1. The number of alkyl halides is 1. The maximum atomic E-state index is 11.1. The lowest BCUT2D eigenvalue weighted by atomic mass is 10.1. The van der Waals surface area contributed by atoms with Crippen LogP contribution in [0.25, 0.3) is 0 Å². The van der Waals surface area contributed by atoms with E-state index in [1.165, 1.54) is 25.1 Å². The summed E-state index contributed by atoms with van der Waals surface area (Å²) >= 11 is 8.96. The molecule has 0 spiro atoms. The number of hydrogen-bond acceptors (Lipinski definition) is 3. The molecule has 0 N–H and O–H groups in total. The van der Waals surface area contributed by atoms with Crippen molar-refractivity contribution in [2.45, 2.75) is 12.3 Å². The number of rotatable bonds is 3. The summed E-state index contributed by atoms with van der Waals surface area (Å²) in [7, 11) is 0. The third kappa shape index (κ3) is 2.76. The molecule has 0 saturated carbocycles. The van der Waals surface area contributed by atoms with E-state index in [-0.39, 0.29) is 17.0 Å². The van der Waals surface area contributed by atoms with E-state index < -0.39 is 10.3 Å². The van der Waals surface area contributed by atoms with Crippen LogP contribution in [-0.4, -0.2) is 10.7 Å². The van der Waals surface area contributed by atoms with Gasteiger partial charge >= 0.3 is 0 Å².